The highest BCUT2D eigenvalue weighted by Gasteiger charge is 2.18. The molecule has 0 aliphatic rings. The summed E-state index contributed by atoms with van der Waals surface area (Å²) in [6.45, 7) is 3.86. The first-order valence-electron chi connectivity index (χ1n) is 7.80. The molecule has 0 radical (unpaired) electrons. The zero-order valence-corrected chi connectivity index (χ0v) is 13.7. The average molecular weight is 327 g/mol. The number of carbonyl (C=O) groups excluding carboxylic acids is 1. The summed E-state index contributed by atoms with van der Waals surface area (Å²) in [5.41, 5.74) is 1.21. The second-order valence-electron chi connectivity index (χ2n) is 5.73. The highest BCUT2D eigenvalue weighted by atomic mass is 16.5. The molecule has 5 heteroatoms. The van der Waals surface area contributed by atoms with Crippen molar-refractivity contribution in [1.82, 2.24) is 5.32 Å². The van der Waals surface area contributed by atoms with Gasteiger partial charge in [0.15, 0.2) is 0 Å². The minimum absolute atomic E-state index is 0.0581. The van der Waals surface area contributed by atoms with E-state index in [0.29, 0.717) is 11.3 Å². The van der Waals surface area contributed by atoms with Crippen LogP contribution >= 0.6 is 0 Å². The van der Waals surface area contributed by atoms with Crippen LogP contribution in [0.4, 0.5) is 0 Å². The number of hydrogen-bond donors (Lipinski definition) is 2. The molecule has 126 valence electrons. The Hall–Kier alpha value is -2.82. The Kier molecular flexibility index (Phi) is 5.95. The lowest BCUT2D eigenvalue weighted by Gasteiger charge is -2.17. The van der Waals surface area contributed by atoms with Crippen LogP contribution < -0.4 is 10.1 Å². The van der Waals surface area contributed by atoms with Crippen molar-refractivity contribution in [3.05, 3.63) is 65.7 Å². The Morgan fingerprint density at radius 1 is 1.04 bits per heavy atom. The summed E-state index contributed by atoms with van der Waals surface area (Å²) in [5.74, 6) is -0.599. The molecule has 0 heterocycles. The molecule has 0 bridgehead atoms. The Morgan fingerprint density at radius 2 is 1.67 bits per heavy atom. The zero-order valence-electron chi connectivity index (χ0n) is 13.7. The van der Waals surface area contributed by atoms with Gasteiger partial charge in [-0.2, -0.15) is 0 Å². The molecule has 5 nitrogen and oxygen atoms in total. The minimum Gasteiger partial charge on any atom is -0.491 e. The molecular weight excluding hydrogens is 306 g/mol. The molecule has 2 aromatic carbocycles. The summed E-state index contributed by atoms with van der Waals surface area (Å²) < 4.78 is 5.54. The van der Waals surface area contributed by atoms with Crippen LogP contribution in [0, 0.1) is 0 Å². The van der Waals surface area contributed by atoms with Gasteiger partial charge in [-0.25, -0.2) is 0 Å². The third-order valence-electron chi connectivity index (χ3n) is 3.37. The van der Waals surface area contributed by atoms with E-state index in [4.69, 9.17) is 9.84 Å². The van der Waals surface area contributed by atoms with Crippen LogP contribution in [0.5, 0.6) is 5.75 Å². The molecule has 2 aromatic rings. The quantitative estimate of drug-likeness (QED) is 0.817. The second kappa shape index (κ2) is 8.15. The van der Waals surface area contributed by atoms with Gasteiger partial charge in [0.05, 0.1) is 18.6 Å². The van der Waals surface area contributed by atoms with Gasteiger partial charge in [0.2, 0.25) is 0 Å². The van der Waals surface area contributed by atoms with E-state index in [-0.39, 0.29) is 18.4 Å². The van der Waals surface area contributed by atoms with Gasteiger partial charge in [-0.15, -0.1) is 0 Å². The molecule has 0 spiro atoms. The van der Waals surface area contributed by atoms with Crippen LogP contribution in [0.15, 0.2) is 54.6 Å². The molecule has 0 fully saturated rings. The van der Waals surface area contributed by atoms with Gasteiger partial charge in [-0.1, -0.05) is 30.3 Å². The first-order valence-corrected chi connectivity index (χ1v) is 7.80. The van der Waals surface area contributed by atoms with Gasteiger partial charge >= 0.3 is 5.97 Å². The van der Waals surface area contributed by atoms with Crippen molar-refractivity contribution in [1.29, 1.82) is 0 Å². The van der Waals surface area contributed by atoms with E-state index in [2.05, 4.69) is 5.32 Å². The molecule has 0 saturated heterocycles. The largest absolute Gasteiger partial charge is 0.491 e. The third-order valence-corrected chi connectivity index (χ3v) is 3.37. The molecular formula is C19H21NO4. The van der Waals surface area contributed by atoms with Gasteiger partial charge < -0.3 is 15.2 Å². The summed E-state index contributed by atoms with van der Waals surface area (Å²) >= 11 is 0. The first-order chi connectivity index (χ1) is 11.5. The number of carboxylic acids is 1. The van der Waals surface area contributed by atoms with E-state index < -0.39 is 12.0 Å². The summed E-state index contributed by atoms with van der Waals surface area (Å²) in [7, 11) is 0. The van der Waals surface area contributed by atoms with Crippen molar-refractivity contribution in [2.75, 3.05) is 0 Å². The van der Waals surface area contributed by atoms with Gasteiger partial charge in [0.1, 0.15) is 5.75 Å². The smallest absolute Gasteiger partial charge is 0.305 e. The molecule has 2 rings (SSSR count). The number of carbonyl (C=O) groups is 2. The van der Waals surface area contributed by atoms with Crippen LogP contribution in [-0.2, 0) is 4.79 Å². The summed E-state index contributed by atoms with van der Waals surface area (Å²) in [5, 5.41) is 11.9. The first kappa shape index (κ1) is 17.5. The number of carboxylic acid groups (broad SMARTS) is 1. The molecule has 0 aromatic heterocycles. The highest BCUT2D eigenvalue weighted by Crippen LogP contribution is 2.19. The lowest BCUT2D eigenvalue weighted by Crippen LogP contribution is -2.30. The van der Waals surface area contributed by atoms with E-state index in [1.165, 1.54) is 0 Å². The molecule has 2 N–H and O–H groups in total. The standard InChI is InChI=1S/C19H21NO4/c1-13(2)24-16-10-8-15(9-11-16)19(23)20-17(12-18(21)22)14-6-4-3-5-7-14/h3-11,13,17H,12H2,1-2H3,(H,20,23)(H,21,22). The third kappa shape index (κ3) is 5.12. The van der Waals surface area contributed by atoms with Crippen molar-refractivity contribution in [3.63, 3.8) is 0 Å². The number of rotatable bonds is 7. The Bertz CT molecular complexity index is 680. The highest BCUT2D eigenvalue weighted by molar-refractivity contribution is 5.94. The van der Waals surface area contributed by atoms with Crippen molar-refractivity contribution in [2.45, 2.75) is 32.4 Å². The molecule has 1 amide bonds. The number of aliphatic carboxylic acids is 1. The normalized spacial score (nSPS) is 11.8. The molecule has 24 heavy (non-hydrogen) atoms. The van der Waals surface area contributed by atoms with Crippen LogP contribution in [0.1, 0.15) is 42.2 Å². The fourth-order valence-electron chi connectivity index (χ4n) is 2.31. The Balaban J connectivity index is 2.11. The maximum absolute atomic E-state index is 12.4. The van der Waals surface area contributed by atoms with E-state index in [1.54, 1.807) is 36.4 Å². The lowest BCUT2D eigenvalue weighted by atomic mass is 10.0. The maximum atomic E-state index is 12.4. The minimum atomic E-state index is -0.968. The molecule has 0 saturated carbocycles. The van der Waals surface area contributed by atoms with Gasteiger partial charge in [-0.05, 0) is 43.7 Å². The fourth-order valence-corrected chi connectivity index (χ4v) is 2.31. The topological polar surface area (TPSA) is 75.6 Å². The van der Waals surface area contributed by atoms with Gasteiger partial charge in [0.25, 0.3) is 5.91 Å². The number of hydrogen-bond acceptors (Lipinski definition) is 3. The maximum Gasteiger partial charge on any atom is 0.305 e. The van der Waals surface area contributed by atoms with Crippen LogP contribution in [-0.4, -0.2) is 23.1 Å². The van der Waals surface area contributed by atoms with Crippen molar-refractivity contribution < 1.29 is 19.4 Å². The number of nitrogens with one attached hydrogen (secondary N) is 1. The molecule has 0 aliphatic carbocycles. The average Bonchev–Trinajstić information content (AvgIpc) is 2.54. The second-order valence-corrected chi connectivity index (χ2v) is 5.73. The number of benzene rings is 2. The molecule has 0 aliphatic heterocycles. The predicted molar refractivity (Wildman–Crippen MR) is 91.1 cm³/mol. The Labute approximate surface area is 141 Å². The van der Waals surface area contributed by atoms with Crippen LogP contribution in [0.25, 0.3) is 0 Å². The molecule has 1 atom stereocenters. The fraction of sp³-hybridized carbons (Fsp3) is 0.263. The van der Waals surface area contributed by atoms with Crippen molar-refractivity contribution in [3.8, 4) is 5.75 Å². The SMILES string of the molecule is CC(C)Oc1ccc(C(=O)NC(CC(=O)O)c2ccccc2)cc1. The Morgan fingerprint density at radius 3 is 2.21 bits per heavy atom. The lowest BCUT2D eigenvalue weighted by molar-refractivity contribution is -0.137. The van der Waals surface area contributed by atoms with Crippen LogP contribution in [0.3, 0.4) is 0 Å². The van der Waals surface area contributed by atoms with Crippen LogP contribution in [0.2, 0.25) is 0 Å². The summed E-state index contributed by atoms with van der Waals surface area (Å²) in [6, 6.07) is 15.3. The van der Waals surface area contributed by atoms with E-state index in [0.717, 1.165) is 5.56 Å². The van der Waals surface area contributed by atoms with Gasteiger partial charge in [-0.3, -0.25) is 9.59 Å². The van der Waals surface area contributed by atoms with E-state index in [9.17, 15) is 9.59 Å². The predicted octanol–water partition coefficient (Wildman–Crippen LogP) is 3.42. The number of ether oxygens (including phenoxy) is 1. The van der Waals surface area contributed by atoms with E-state index in [1.807, 2.05) is 32.0 Å². The van der Waals surface area contributed by atoms with E-state index >= 15 is 0 Å². The number of amides is 1. The summed E-state index contributed by atoms with van der Waals surface area (Å²) in [4.78, 5) is 23.5. The monoisotopic (exact) mass is 327 g/mol. The zero-order chi connectivity index (χ0) is 17.5. The molecule has 1 unspecified atom stereocenters. The van der Waals surface area contributed by atoms with Crippen molar-refractivity contribution in [2.24, 2.45) is 0 Å². The van der Waals surface area contributed by atoms with Crippen molar-refractivity contribution >= 4 is 11.9 Å². The summed E-state index contributed by atoms with van der Waals surface area (Å²) in [6.07, 6.45) is -0.118. The van der Waals surface area contributed by atoms with Gasteiger partial charge in [0, 0.05) is 5.56 Å².